The van der Waals surface area contributed by atoms with Gasteiger partial charge >= 0.3 is 5.97 Å². The number of carboxylic acids is 1. The third-order valence-electron chi connectivity index (χ3n) is 2.24. The third kappa shape index (κ3) is 2.29. The SMILES string of the molecule is O=C(O)c1ccc(NC(=O)c2ccn[nH]2)c(O)c1. The first kappa shape index (κ1) is 11.6. The normalized spacial score (nSPS) is 10.0. The summed E-state index contributed by atoms with van der Waals surface area (Å²) in [4.78, 5) is 22.3. The molecular formula is C11H9N3O4. The van der Waals surface area contributed by atoms with Gasteiger partial charge in [0.15, 0.2) is 0 Å². The molecule has 0 spiro atoms. The lowest BCUT2D eigenvalue weighted by Crippen LogP contribution is -2.12. The number of carboxylic acid groups (broad SMARTS) is 1. The van der Waals surface area contributed by atoms with Crippen molar-refractivity contribution in [1.82, 2.24) is 10.2 Å². The molecular weight excluding hydrogens is 238 g/mol. The number of phenolic OH excluding ortho intramolecular Hbond substituents is 1. The Morgan fingerprint density at radius 2 is 2.06 bits per heavy atom. The van der Waals surface area contributed by atoms with E-state index in [1.165, 1.54) is 24.4 Å². The molecule has 2 rings (SSSR count). The predicted octanol–water partition coefficient (Wildman–Crippen LogP) is 1.07. The van der Waals surface area contributed by atoms with Gasteiger partial charge in [-0.05, 0) is 24.3 Å². The molecule has 0 fully saturated rings. The van der Waals surface area contributed by atoms with Crippen LogP contribution < -0.4 is 5.32 Å². The third-order valence-corrected chi connectivity index (χ3v) is 2.24. The number of nitrogens with zero attached hydrogens (tertiary/aromatic N) is 1. The number of hydrogen-bond donors (Lipinski definition) is 4. The molecule has 2 aromatic rings. The molecule has 7 nitrogen and oxygen atoms in total. The van der Waals surface area contributed by atoms with Crippen molar-refractivity contribution in [3.8, 4) is 5.75 Å². The maximum atomic E-state index is 11.6. The fourth-order valence-corrected chi connectivity index (χ4v) is 1.34. The molecule has 1 aromatic carbocycles. The van der Waals surface area contributed by atoms with Gasteiger partial charge in [0.05, 0.1) is 11.3 Å². The quantitative estimate of drug-likeness (QED) is 0.605. The highest BCUT2D eigenvalue weighted by molar-refractivity contribution is 6.03. The van der Waals surface area contributed by atoms with E-state index in [-0.39, 0.29) is 22.7 Å². The number of nitrogens with one attached hydrogen (secondary N) is 2. The highest BCUT2D eigenvalue weighted by atomic mass is 16.4. The summed E-state index contributed by atoms with van der Waals surface area (Å²) in [7, 11) is 0. The Bertz CT molecular complexity index is 592. The van der Waals surface area contributed by atoms with Crippen LogP contribution >= 0.6 is 0 Å². The van der Waals surface area contributed by atoms with Gasteiger partial charge in [0.25, 0.3) is 5.91 Å². The molecule has 1 amide bonds. The van der Waals surface area contributed by atoms with E-state index in [2.05, 4.69) is 15.5 Å². The van der Waals surface area contributed by atoms with Crippen molar-refractivity contribution >= 4 is 17.6 Å². The Morgan fingerprint density at radius 3 is 2.61 bits per heavy atom. The van der Waals surface area contributed by atoms with E-state index < -0.39 is 11.9 Å². The van der Waals surface area contributed by atoms with E-state index in [1.54, 1.807) is 0 Å². The maximum Gasteiger partial charge on any atom is 0.335 e. The van der Waals surface area contributed by atoms with Crippen molar-refractivity contribution < 1.29 is 19.8 Å². The number of aromatic carboxylic acids is 1. The van der Waals surface area contributed by atoms with Crippen molar-refractivity contribution in [3.05, 3.63) is 41.7 Å². The Labute approximate surface area is 101 Å². The van der Waals surface area contributed by atoms with Gasteiger partial charge < -0.3 is 15.5 Å². The zero-order valence-corrected chi connectivity index (χ0v) is 9.04. The van der Waals surface area contributed by atoms with Crippen molar-refractivity contribution in [2.45, 2.75) is 0 Å². The summed E-state index contributed by atoms with van der Waals surface area (Å²) >= 11 is 0. The van der Waals surface area contributed by atoms with Crippen LogP contribution in [0.4, 0.5) is 5.69 Å². The van der Waals surface area contributed by atoms with Gasteiger partial charge in [-0.3, -0.25) is 9.89 Å². The lowest BCUT2D eigenvalue weighted by Gasteiger charge is -2.06. The minimum Gasteiger partial charge on any atom is -0.506 e. The Balaban J connectivity index is 2.20. The number of rotatable bonds is 3. The van der Waals surface area contributed by atoms with Crippen LogP contribution in [0.1, 0.15) is 20.8 Å². The Hall–Kier alpha value is -2.83. The standard InChI is InChI=1S/C11H9N3O4/c15-9-5-6(11(17)18)1-2-7(9)13-10(16)8-3-4-12-14-8/h1-5,15H,(H,12,14)(H,13,16)(H,17,18). The Kier molecular flexibility index (Phi) is 2.96. The van der Waals surface area contributed by atoms with Gasteiger partial charge in [-0.15, -0.1) is 0 Å². The summed E-state index contributed by atoms with van der Waals surface area (Å²) in [5, 5.41) is 26.8. The van der Waals surface area contributed by atoms with Crippen molar-refractivity contribution in [3.63, 3.8) is 0 Å². The summed E-state index contributed by atoms with van der Waals surface area (Å²) in [5.41, 5.74) is 0.295. The average molecular weight is 247 g/mol. The van der Waals surface area contributed by atoms with Crippen LogP contribution in [0.5, 0.6) is 5.75 Å². The minimum absolute atomic E-state index is 0.0629. The van der Waals surface area contributed by atoms with E-state index >= 15 is 0 Å². The summed E-state index contributed by atoms with van der Waals surface area (Å²) in [6.07, 6.45) is 1.42. The molecule has 92 valence electrons. The van der Waals surface area contributed by atoms with Gasteiger partial charge in [0, 0.05) is 6.20 Å². The molecule has 1 heterocycles. The number of anilines is 1. The minimum atomic E-state index is -1.16. The zero-order chi connectivity index (χ0) is 13.1. The van der Waals surface area contributed by atoms with Crippen molar-refractivity contribution in [2.75, 3.05) is 5.32 Å². The lowest BCUT2D eigenvalue weighted by atomic mass is 10.2. The van der Waals surface area contributed by atoms with Crippen molar-refractivity contribution in [2.24, 2.45) is 0 Å². The van der Waals surface area contributed by atoms with Crippen LogP contribution in [0, 0.1) is 0 Å². The van der Waals surface area contributed by atoms with Crippen LogP contribution in [0.25, 0.3) is 0 Å². The molecule has 0 atom stereocenters. The van der Waals surface area contributed by atoms with Gasteiger partial charge in [-0.1, -0.05) is 0 Å². The van der Waals surface area contributed by atoms with Crippen molar-refractivity contribution in [1.29, 1.82) is 0 Å². The molecule has 0 radical (unpaired) electrons. The second-order valence-electron chi connectivity index (χ2n) is 3.46. The van der Waals surface area contributed by atoms with Crippen LogP contribution in [0.3, 0.4) is 0 Å². The zero-order valence-electron chi connectivity index (χ0n) is 9.04. The number of amides is 1. The molecule has 18 heavy (non-hydrogen) atoms. The largest absolute Gasteiger partial charge is 0.506 e. The van der Waals surface area contributed by atoms with Crippen LogP contribution in [-0.4, -0.2) is 32.3 Å². The van der Waals surface area contributed by atoms with E-state index in [4.69, 9.17) is 5.11 Å². The second-order valence-corrected chi connectivity index (χ2v) is 3.46. The van der Waals surface area contributed by atoms with E-state index in [0.717, 1.165) is 6.07 Å². The molecule has 0 saturated carbocycles. The molecule has 1 aromatic heterocycles. The number of hydrogen-bond acceptors (Lipinski definition) is 4. The van der Waals surface area contributed by atoms with Gasteiger partial charge in [-0.2, -0.15) is 5.10 Å². The number of carbonyl (C=O) groups excluding carboxylic acids is 1. The number of phenols is 1. The summed E-state index contributed by atoms with van der Waals surface area (Å²) in [6, 6.07) is 5.13. The number of aromatic nitrogens is 2. The highest BCUT2D eigenvalue weighted by Gasteiger charge is 2.12. The van der Waals surface area contributed by atoms with Crippen LogP contribution in [-0.2, 0) is 0 Å². The topological polar surface area (TPSA) is 115 Å². The summed E-state index contributed by atoms with van der Waals surface area (Å²) in [6.45, 7) is 0. The molecule has 0 unspecified atom stereocenters. The first-order valence-corrected chi connectivity index (χ1v) is 4.95. The van der Waals surface area contributed by atoms with Crippen LogP contribution in [0.2, 0.25) is 0 Å². The van der Waals surface area contributed by atoms with E-state index in [1.807, 2.05) is 0 Å². The van der Waals surface area contributed by atoms with Crippen LogP contribution in [0.15, 0.2) is 30.5 Å². The number of benzene rings is 1. The molecule has 0 saturated heterocycles. The second kappa shape index (κ2) is 4.58. The van der Waals surface area contributed by atoms with Gasteiger partial charge in [-0.25, -0.2) is 4.79 Å². The predicted molar refractivity (Wildman–Crippen MR) is 61.6 cm³/mol. The first-order valence-electron chi connectivity index (χ1n) is 4.95. The first-order chi connectivity index (χ1) is 8.58. The smallest absolute Gasteiger partial charge is 0.335 e. The average Bonchev–Trinajstić information content (AvgIpc) is 2.85. The fraction of sp³-hybridized carbons (Fsp3) is 0. The number of aromatic amines is 1. The monoisotopic (exact) mass is 247 g/mol. The number of carbonyl (C=O) groups is 2. The fourth-order valence-electron chi connectivity index (χ4n) is 1.34. The summed E-state index contributed by atoms with van der Waals surface area (Å²) in [5.74, 6) is -1.95. The lowest BCUT2D eigenvalue weighted by molar-refractivity contribution is 0.0696. The molecule has 4 N–H and O–H groups in total. The molecule has 0 aliphatic rings. The highest BCUT2D eigenvalue weighted by Crippen LogP contribution is 2.24. The summed E-state index contributed by atoms with van der Waals surface area (Å²) < 4.78 is 0. The number of aromatic hydroxyl groups is 1. The molecule has 0 aliphatic heterocycles. The number of H-pyrrole nitrogens is 1. The van der Waals surface area contributed by atoms with Gasteiger partial charge in [0.1, 0.15) is 11.4 Å². The maximum absolute atomic E-state index is 11.6. The van der Waals surface area contributed by atoms with Gasteiger partial charge in [0.2, 0.25) is 0 Å². The molecule has 7 heteroatoms. The molecule has 0 bridgehead atoms. The molecule has 0 aliphatic carbocycles. The Morgan fingerprint density at radius 1 is 1.28 bits per heavy atom. The van der Waals surface area contributed by atoms with E-state index in [0.29, 0.717) is 0 Å². The van der Waals surface area contributed by atoms with E-state index in [9.17, 15) is 14.7 Å².